The van der Waals surface area contributed by atoms with Gasteiger partial charge in [0.15, 0.2) is 0 Å². The summed E-state index contributed by atoms with van der Waals surface area (Å²) in [5.41, 5.74) is 0.588. The first-order valence-corrected chi connectivity index (χ1v) is 9.44. The zero-order chi connectivity index (χ0) is 21.4. The Bertz CT molecular complexity index is 851. The van der Waals surface area contributed by atoms with Crippen LogP contribution in [0.25, 0.3) is 0 Å². The van der Waals surface area contributed by atoms with Gasteiger partial charge in [-0.1, -0.05) is 23.7 Å². The molecule has 0 fully saturated rings. The van der Waals surface area contributed by atoms with Crippen LogP contribution >= 0.6 is 11.6 Å². The number of amides is 1. The molecular weight excluding hydrogens is 396 g/mol. The molecule has 7 nitrogen and oxygen atoms in total. The lowest BCUT2D eigenvalue weighted by Gasteiger charge is -2.24. The number of alkyl carbamates (subject to hydrolysis) is 1. The number of benzene rings is 1. The standard InChI is InChI=1S/C21H25ClN2O5/c1-21(2,3)29-20(26)24-17(9-14-6-5-7-16(22)8-14)13-28-18-10-15(11-23-12-18)19(25)27-4/h5-8,10-12,17H,9,13H2,1-4H3,(H,24,26)/t17-/m0/s1. The topological polar surface area (TPSA) is 86.8 Å². The number of rotatable bonds is 7. The van der Waals surface area contributed by atoms with Crippen LogP contribution in [-0.4, -0.2) is 42.4 Å². The molecule has 1 amide bonds. The number of carbonyl (C=O) groups excluding carboxylic acids is 2. The molecule has 0 radical (unpaired) electrons. The van der Waals surface area contributed by atoms with Crippen molar-refractivity contribution in [1.29, 1.82) is 0 Å². The molecule has 2 rings (SSSR count). The smallest absolute Gasteiger partial charge is 0.408 e. The molecule has 156 valence electrons. The first-order valence-electron chi connectivity index (χ1n) is 9.06. The van der Waals surface area contributed by atoms with Crippen LogP contribution in [0.5, 0.6) is 5.75 Å². The van der Waals surface area contributed by atoms with Crippen LogP contribution in [0.1, 0.15) is 36.7 Å². The Morgan fingerprint density at radius 3 is 2.62 bits per heavy atom. The van der Waals surface area contributed by atoms with E-state index in [4.69, 9.17) is 21.1 Å². The van der Waals surface area contributed by atoms with Crippen molar-refractivity contribution in [3.05, 3.63) is 58.9 Å². The number of nitrogens with zero attached hydrogens (tertiary/aromatic N) is 1. The van der Waals surface area contributed by atoms with E-state index in [-0.39, 0.29) is 12.2 Å². The van der Waals surface area contributed by atoms with Crippen LogP contribution in [0.4, 0.5) is 4.79 Å². The SMILES string of the molecule is COC(=O)c1cncc(OC[C@H](Cc2cccc(Cl)c2)NC(=O)OC(C)(C)C)c1. The number of ether oxygens (including phenoxy) is 3. The Hall–Kier alpha value is -2.80. The molecular formula is C21H25ClN2O5. The molecule has 29 heavy (non-hydrogen) atoms. The van der Waals surface area contributed by atoms with Crippen LogP contribution in [-0.2, 0) is 15.9 Å². The van der Waals surface area contributed by atoms with E-state index in [1.807, 2.05) is 18.2 Å². The first kappa shape index (κ1) is 22.5. The summed E-state index contributed by atoms with van der Waals surface area (Å²) >= 11 is 6.06. The normalized spacial score (nSPS) is 12.0. The van der Waals surface area contributed by atoms with E-state index < -0.39 is 23.7 Å². The van der Waals surface area contributed by atoms with Gasteiger partial charge in [-0.3, -0.25) is 4.98 Å². The summed E-state index contributed by atoms with van der Waals surface area (Å²) in [6.45, 7) is 5.51. The number of carbonyl (C=O) groups is 2. The first-order chi connectivity index (χ1) is 13.7. The summed E-state index contributed by atoms with van der Waals surface area (Å²) in [6, 6.07) is 8.49. The third kappa shape index (κ3) is 7.99. The second-order valence-corrected chi connectivity index (χ2v) is 7.83. The molecule has 0 unspecified atom stereocenters. The van der Waals surface area contributed by atoms with Gasteiger partial charge in [-0.2, -0.15) is 0 Å². The monoisotopic (exact) mass is 420 g/mol. The second kappa shape index (κ2) is 10.1. The van der Waals surface area contributed by atoms with Gasteiger partial charge in [0.05, 0.1) is 24.9 Å². The van der Waals surface area contributed by atoms with Crippen LogP contribution < -0.4 is 10.1 Å². The summed E-state index contributed by atoms with van der Waals surface area (Å²) in [5, 5.41) is 3.42. The molecule has 0 saturated heterocycles. The highest BCUT2D eigenvalue weighted by Gasteiger charge is 2.21. The van der Waals surface area contributed by atoms with Crippen molar-refractivity contribution in [3.8, 4) is 5.75 Å². The van der Waals surface area contributed by atoms with E-state index in [0.29, 0.717) is 17.2 Å². The van der Waals surface area contributed by atoms with Gasteiger partial charge in [0.25, 0.3) is 0 Å². The van der Waals surface area contributed by atoms with Crippen LogP contribution in [0.3, 0.4) is 0 Å². The largest absolute Gasteiger partial charge is 0.490 e. The third-order valence-electron chi connectivity index (χ3n) is 3.68. The molecule has 1 aromatic heterocycles. The van der Waals surface area contributed by atoms with Gasteiger partial charge in [-0.05, 0) is 51.0 Å². The Kier molecular flexibility index (Phi) is 7.84. The molecule has 0 aliphatic carbocycles. The minimum absolute atomic E-state index is 0.137. The van der Waals surface area contributed by atoms with Crippen molar-refractivity contribution < 1.29 is 23.8 Å². The van der Waals surface area contributed by atoms with Gasteiger partial charge in [0, 0.05) is 11.2 Å². The molecule has 0 saturated carbocycles. The minimum atomic E-state index is -0.621. The van der Waals surface area contributed by atoms with Gasteiger partial charge < -0.3 is 19.5 Å². The number of methoxy groups -OCH3 is 1. The number of esters is 1. The van der Waals surface area contributed by atoms with E-state index in [0.717, 1.165) is 5.56 Å². The summed E-state index contributed by atoms with van der Waals surface area (Å²) in [7, 11) is 1.29. The second-order valence-electron chi connectivity index (χ2n) is 7.39. The average Bonchev–Trinajstić information content (AvgIpc) is 2.64. The fraction of sp³-hybridized carbons (Fsp3) is 0.381. The lowest BCUT2D eigenvalue weighted by Crippen LogP contribution is -2.43. The summed E-state index contributed by atoms with van der Waals surface area (Å²) in [6.07, 6.45) is 2.80. The maximum Gasteiger partial charge on any atom is 0.408 e. The maximum atomic E-state index is 12.2. The highest BCUT2D eigenvalue weighted by molar-refractivity contribution is 6.30. The van der Waals surface area contributed by atoms with Gasteiger partial charge >= 0.3 is 12.1 Å². The molecule has 1 atom stereocenters. The Morgan fingerprint density at radius 2 is 1.97 bits per heavy atom. The maximum absolute atomic E-state index is 12.2. The molecule has 1 N–H and O–H groups in total. The summed E-state index contributed by atoms with van der Waals surface area (Å²) in [5.74, 6) is -0.125. The van der Waals surface area contributed by atoms with Crippen molar-refractivity contribution in [3.63, 3.8) is 0 Å². The van der Waals surface area contributed by atoms with Gasteiger partial charge in [-0.25, -0.2) is 9.59 Å². The predicted octanol–water partition coefficient (Wildman–Crippen LogP) is 4.04. The lowest BCUT2D eigenvalue weighted by molar-refractivity contribution is 0.0487. The van der Waals surface area contributed by atoms with Crippen molar-refractivity contribution in [1.82, 2.24) is 10.3 Å². The molecule has 0 spiro atoms. The highest BCUT2D eigenvalue weighted by atomic mass is 35.5. The molecule has 0 bridgehead atoms. The highest BCUT2D eigenvalue weighted by Crippen LogP contribution is 2.16. The molecule has 0 aliphatic rings. The van der Waals surface area contributed by atoms with Crippen LogP contribution in [0.2, 0.25) is 5.02 Å². The van der Waals surface area contributed by atoms with Crippen molar-refractivity contribution in [2.24, 2.45) is 0 Å². The Labute approximate surface area is 175 Å². The van der Waals surface area contributed by atoms with Gasteiger partial charge in [0.2, 0.25) is 0 Å². The Morgan fingerprint density at radius 1 is 1.21 bits per heavy atom. The van der Waals surface area contributed by atoms with Gasteiger partial charge in [0.1, 0.15) is 18.0 Å². The zero-order valence-electron chi connectivity index (χ0n) is 16.9. The fourth-order valence-electron chi connectivity index (χ4n) is 2.50. The fourth-order valence-corrected chi connectivity index (χ4v) is 2.71. The number of pyridine rings is 1. The van der Waals surface area contributed by atoms with Crippen LogP contribution in [0, 0.1) is 0 Å². The molecule has 8 heteroatoms. The quantitative estimate of drug-likeness (QED) is 0.680. The lowest BCUT2D eigenvalue weighted by atomic mass is 10.1. The van der Waals surface area contributed by atoms with Gasteiger partial charge in [-0.15, -0.1) is 0 Å². The third-order valence-corrected chi connectivity index (χ3v) is 3.91. The molecule has 2 aromatic rings. The van der Waals surface area contributed by atoms with E-state index in [1.165, 1.54) is 25.6 Å². The minimum Gasteiger partial charge on any atom is -0.490 e. The average molecular weight is 421 g/mol. The zero-order valence-corrected chi connectivity index (χ0v) is 17.7. The number of halogens is 1. The van der Waals surface area contributed by atoms with E-state index in [2.05, 4.69) is 15.0 Å². The number of nitrogens with one attached hydrogen (secondary N) is 1. The van der Waals surface area contributed by atoms with Crippen molar-refractivity contribution in [2.75, 3.05) is 13.7 Å². The number of hydrogen-bond acceptors (Lipinski definition) is 6. The predicted molar refractivity (Wildman–Crippen MR) is 109 cm³/mol. The summed E-state index contributed by atoms with van der Waals surface area (Å²) < 4.78 is 15.8. The van der Waals surface area contributed by atoms with Crippen molar-refractivity contribution >= 4 is 23.7 Å². The number of aromatic nitrogens is 1. The molecule has 1 aromatic carbocycles. The molecule has 0 aliphatic heterocycles. The summed E-state index contributed by atoms with van der Waals surface area (Å²) in [4.78, 5) is 27.9. The molecule has 1 heterocycles. The number of hydrogen-bond donors (Lipinski definition) is 1. The van der Waals surface area contributed by atoms with E-state index in [1.54, 1.807) is 26.8 Å². The van der Waals surface area contributed by atoms with Crippen LogP contribution in [0.15, 0.2) is 42.7 Å². The van der Waals surface area contributed by atoms with Crippen molar-refractivity contribution in [2.45, 2.75) is 38.8 Å². The van der Waals surface area contributed by atoms with E-state index in [9.17, 15) is 9.59 Å². The van der Waals surface area contributed by atoms with E-state index >= 15 is 0 Å². The Balaban J connectivity index is 2.10.